The molecule has 3 aliphatic heterocycles. The van der Waals surface area contributed by atoms with Crippen molar-refractivity contribution >= 4 is 17.5 Å². The number of aliphatic hydroxyl groups is 2. The first-order valence-electron chi connectivity index (χ1n) is 6.55. The highest BCUT2D eigenvalue weighted by atomic mass is 16.6. The summed E-state index contributed by atoms with van der Waals surface area (Å²) in [5, 5.41) is 19.7. The van der Waals surface area contributed by atoms with Gasteiger partial charge >= 0.3 is 0 Å². The van der Waals surface area contributed by atoms with Gasteiger partial charge < -0.3 is 14.9 Å². The Kier molecular flexibility index (Phi) is 2.33. The van der Waals surface area contributed by atoms with E-state index in [-0.39, 0.29) is 11.8 Å². The van der Waals surface area contributed by atoms with Crippen molar-refractivity contribution in [2.24, 2.45) is 11.8 Å². The summed E-state index contributed by atoms with van der Waals surface area (Å²) in [6.45, 7) is 0. The molecule has 2 amide bonds. The van der Waals surface area contributed by atoms with Crippen LogP contribution in [0.4, 0.5) is 5.69 Å². The molecule has 104 valence electrons. The summed E-state index contributed by atoms with van der Waals surface area (Å²) in [5.74, 6) is -2.09. The Balaban J connectivity index is 1.75. The summed E-state index contributed by atoms with van der Waals surface area (Å²) in [5.41, 5.74) is 0.514. The van der Waals surface area contributed by atoms with Crippen LogP contribution in [-0.4, -0.2) is 46.4 Å². The molecule has 4 rings (SSSR count). The summed E-state index contributed by atoms with van der Waals surface area (Å²) >= 11 is 0. The molecule has 1 aromatic rings. The fourth-order valence-corrected chi connectivity index (χ4v) is 3.56. The highest BCUT2D eigenvalue weighted by molar-refractivity contribution is 6.22. The second-order valence-corrected chi connectivity index (χ2v) is 5.45. The Morgan fingerprint density at radius 2 is 1.40 bits per heavy atom. The van der Waals surface area contributed by atoms with Crippen LogP contribution < -0.4 is 4.90 Å². The standard InChI is InChI=1S/C14H13NO5/c16-9-10(17)12-8-7(11(9)20-12)13(18)15(14(8)19)6-4-2-1-3-5-6/h1-5,7-12,16-17H/t7?,8?,9-,10+,11-,12+. The molecule has 0 aliphatic carbocycles. The number of benzene rings is 1. The van der Waals surface area contributed by atoms with Crippen LogP contribution in [0.5, 0.6) is 0 Å². The van der Waals surface area contributed by atoms with E-state index in [0.717, 1.165) is 4.90 Å². The van der Waals surface area contributed by atoms with E-state index in [1.165, 1.54) is 0 Å². The topological polar surface area (TPSA) is 87.1 Å². The van der Waals surface area contributed by atoms with Gasteiger partial charge in [0.25, 0.3) is 0 Å². The molecule has 3 heterocycles. The van der Waals surface area contributed by atoms with Gasteiger partial charge in [0.05, 0.1) is 29.7 Å². The Labute approximate surface area is 114 Å². The van der Waals surface area contributed by atoms with Gasteiger partial charge in [0.15, 0.2) is 0 Å². The zero-order valence-electron chi connectivity index (χ0n) is 10.4. The summed E-state index contributed by atoms with van der Waals surface area (Å²) in [7, 11) is 0. The van der Waals surface area contributed by atoms with Crippen molar-refractivity contribution in [3.8, 4) is 0 Å². The monoisotopic (exact) mass is 275 g/mol. The Morgan fingerprint density at radius 3 is 1.90 bits per heavy atom. The molecule has 2 N–H and O–H groups in total. The highest BCUT2D eigenvalue weighted by Gasteiger charge is 2.68. The lowest BCUT2D eigenvalue weighted by atomic mass is 9.78. The van der Waals surface area contributed by atoms with Crippen molar-refractivity contribution in [1.29, 1.82) is 0 Å². The van der Waals surface area contributed by atoms with Crippen LogP contribution in [-0.2, 0) is 14.3 Å². The minimum atomic E-state index is -1.10. The Morgan fingerprint density at radius 1 is 0.900 bits per heavy atom. The van der Waals surface area contributed by atoms with Gasteiger partial charge in [-0.25, -0.2) is 4.90 Å². The predicted octanol–water partition coefficient (Wildman–Crippen LogP) is -0.705. The maximum atomic E-state index is 12.5. The molecule has 2 bridgehead atoms. The number of aliphatic hydroxyl groups excluding tert-OH is 2. The van der Waals surface area contributed by atoms with E-state index in [9.17, 15) is 19.8 Å². The van der Waals surface area contributed by atoms with Gasteiger partial charge in [0.1, 0.15) is 12.2 Å². The predicted molar refractivity (Wildman–Crippen MR) is 66.6 cm³/mol. The molecule has 20 heavy (non-hydrogen) atoms. The molecule has 3 aliphatic rings. The van der Waals surface area contributed by atoms with Crippen molar-refractivity contribution in [3.63, 3.8) is 0 Å². The molecule has 0 spiro atoms. The second kappa shape index (κ2) is 3.88. The summed E-state index contributed by atoms with van der Waals surface area (Å²) < 4.78 is 5.42. The zero-order chi connectivity index (χ0) is 14.0. The number of anilines is 1. The number of para-hydroxylation sites is 1. The van der Waals surface area contributed by atoms with E-state index in [4.69, 9.17) is 4.74 Å². The molecular formula is C14H13NO5. The third-order valence-electron chi connectivity index (χ3n) is 4.46. The van der Waals surface area contributed by atoms with Gasteiger partial charge in [-0.1, -0.05) is 18.2 Å². The quantitative estimate of drug-likeness (QED) is 0.661. The van der Waals surface area contributed by atoms with Crippen molar-refractivity contribution in [2.45, 2.75) is 24.4 Å². The fourth-order valence-electron chi connectivity index (χ4n) is 3.56. The van der Waals surface area contributed by atoms with Crippen molar-refractivity contribution in [3.05, 3.63) is 30.3 Å². The second-order valence-electron chi connectivity index (χ2n) is 5.45. The maximum absolute atomic E-state index is 12.5. The van der Waals surface area contributed by atoms with Crippen molar-refractivity contribution in [1.82, 2.24) is 0 Å². The normalized spacial score (nSPS) is 42.4. The Bertz CT molecular complexity index is 556. The number of imide groups is 1. The van der Waals surface area contributed by atoms with Gasteiger partial charge in [-0.15, -0.1) is 0 Å². The van der Waals surface area contributed by atoms with Gasteiger partial charge in [-0.05, 0) is 12.1 Å². The first-order valence-corrected chi connectivity index (χ1v) is 6.55. The largest absolute Gasteiger partial charge is 0.388 e. The first kappa shape index (κ1) is 12.0. The van der Waals surface area contributed by atoms with Crippen LogP contribution in [0.2, 0.25) is 0 Å². The summed E-state index contributed by atoms with van der Waals surface area (Å²) in [6.07, 6.45) is -3.78. The van der Waals surface area contributed by atoms with Gasteiger partial charge in [-0.2, -0.15) is 0 Å². The molecule has 3 fully saturated rings. The SMILES string of the molecule is O=C1C2C(C(=O)N1c1ccccc1)[C@@H]1O[C@H]2[C@H](O)[C@@H]1O. The van der Waals surface area contributed by atoms with E-state index in [1.807, 2.05) is 0 Å². The number of hydrogen-bond donors (Lipinski definition) is 2. The molecule has 0 saturated carbocycles. The summed E-state index contributed by atoms with van der Waals surface area (Å²) in [4.78, 5) is 26.1. The zero-order valence-corrected chi connectivity index (χ0v) is 10.4. The number of hydrogen-bond acceptors (Lipinski definition) is 5. The van der Waals surface area contributed by atoms with E-state index < -0.39 is 36.3 Å². The molecular weight excluding hydrogens is 262 g/mol. The average Bonchev–Trinajstić information content (AvgIpc) is 3.05. The van der Waals surface area contributed by atoms with Crippen molar-refractivity contribution < 1.29 is 24.5 Å². The molecule has 2 unspecified atom stereocenters. The molecule has 0 aromatic heterocycles. The molecule has 0 radical (unpaired) electrons. The van der Waals surface area contributed by atoms with Crippen LogP contribution >= 0.6 is 0 Å². The third kappa shape index (κ3) is 1.28. The highest BCUT2D eigenvalue weighted by Crippen LogP contribution is 2.49. The number of rotatable bonds is 1. The number of carbonyl (C=O) groups excluding carboxylic acids is 2. The molecule has 6 nitrogen and oxygen atoms in total. The number of nitrogens with zero attached hydrogens (tertiary/aromatic N) is 1. The Hall–Kier alpha value is -1.76. The number of ether oxygens (including phenoxy) is 1. The van der Waals surface area contributed by atoms with E-state index in [0.29, 0.717) is 5.69 Å². The van der Waals surface area contributed by atoms with Crippen LogP contribution in [0.3, 0.4) is 0 Å². The lowest BCUT2D eigenvalue weighted by Crippen LogP contribution is -2.47. The number of amides is 2. The maximum Gasteiger partial charge on any atom is 0.240 e. The molecule has 6 heteroatoms. The lowest BCUT2D eigenvalue weighted by Gasteiger charge is -2.25. The fraction of sp³-hybridized carbons (Fsp3) is 0.429. The summed E-state index contributed by atoms with van der Waals surface area (Å²) in [6, 6.07) is 8.67. The minimum absolute atomic E-state index is 0.357. The number of fused-ring (bicyclic) bond motifs is 5. The van der Waals surface area contributed by atoms with E-state index >= 15 is 0 Å². The molecule has 1 aromatic carbocycles. The van der Waals surface area contributed by atoms with Gasteiger partial charge in [0, 0.05) is 0 Å². The van der Waals surface area contributed by atoms with Crippen LogP contribution in [0, 0.1) is 11.8 Å². The number of carbonyl (C=O) groups is 2. The smallest absolute Gasteiger partial charge is 0.240 e. The van der Waals surface area contributed by atoms with Gasteiger partial charge in [-0.3, -0.25) is 9.59 Å². The van der Waals surface area contributed by atoms with Crippen molar-refractivity contribution in [2.75, 3.05) is 4.90 Å². The molecule has 6 atom stereocenters. The van der Waals surface area contributed by atoms with Crippen LogP contribution in [0.25, 0.3) is 0 Å². The van der Waals surface area contributed by atoms with E-state index in [2.05, 4.69) is 0 Å². The van der Waals surface area contributed by atoms with Crippen LogP contribution in [0.1, 0.15) is 0 Å². The van der Waals surface area contributed by atoms with Crippen LogP contribution in [0.15, 0.2) is 30.3 Å². The van der Waals surface area contributed by atoms with E-state index in [1.54, 1.807) is 30.3 Å². The first-order chi connectivity index (χ1) is 9.61. The minimum Gasteiger partial charge on any atom is -0.388 e. The average molecular weight is 275 g/mol. The third-order valence-corrected chi connectivity index (χ3v) is 4.46. The lowest BCUT2D eigenvalue weighted by molar-refractivity contribution is -0.125. The molecule has 3 saturated heterocycles. The van der Waals surface area contributed by atoms with Gasteiger partial charge in [0.2, 0.25) is 11.8 Å².